The van der Waals surface area contributed by atoms with Crippen molar-refractivity contribution >= 4 is 22.8 Å². The largest absolute Gasteiger partial charge is 0.351 e. The number of likely N-dealkylation sites (tertiary alicyclic amines) is 1. The Balaban J connectivity index is 1.16. The molecule has 3 aromatic rings. The summed E-state index contributed by atoms with van der Waals surface area (Å²) in [6.45, 7) is 0.657. The minimum Gasteiger partial charge on any atom is -0.351 e. The lowest BCUT2D eigenvalue weighted by atomic mass is 10.1. The first-order valence-corrected chi connectivity index (χ1v) is 10.8. The van der Waals surface area contributed by atoms with Gasteiger partial charge in [-0.2, -0.15) is 0 Å². The highest BCUT2D eigenvalue weighted by atomic mass is 16.2. The van der Waals surface area contributed by atoms with E-state index < -0.39 is 0 Å². The van der Waals surface area contributed by atoms with E-state index >= 15 is 0 Å². The van der Waals surface area contributed by atoms with Crippen LogP contribution in [0.2, 0.25) is 0 Å². The predicted molar refractivity (Wildman–Crippen MR) is 115 cm³/mol. The van der Waals surface area contributed by atoms with Crippen LogP contribution in [0.3, 0.4) is 0 Å². The van der Waals surface area contributed by atoms with Gasteiger partial charge in [0.15, 0.2) is 0 Å². The number of benzene rings is 2. The summed E-state index contributed by atoms with van der Waals surface area (Å²) in [6.07, 6.45) is 3.51. The molecule has 6 nitrogen and oxygen atoms in total. The highest BCUT2D eigenvalue weighted by Gasteiger charge is 2.42. The van der Waals surface area contributed by atoms with E-state index in [4.69, 9.17) is 0 Å². The van der Waals surface area contributed by atoms with Gasteiger partial charge in [-0.05, 0) is 37.0 Å². The van der Waals surface area contributed by atoms with Gasteiger partial charge in [-0.15, -0.1) is 0 Å². The number of hydrogen-bond acceptors (Lipinski definition) is 3. The van der Waals surface area contributed by atoms with Gasteiger partial charge in [0.2, 0.25) is 11.8 Å². The van der Waals surface area contributed by atoms with Crippen molar-refractivity contribution in [2.24, 2.45) is 0 Å². The Labute approximate surface area is 175 Å². The first kappa shape index (κ1) is 18.9. The Bertz CT molecular complexity index is 1030. The maximum atomic E-state index is 12.9. The fourth-order valence-electron chi connectivity index (χ4n) is 4.53. The van der Waals surface area contributed by atoms with Crippen LogP contribution in [0, 0.1) is 0 Å². The van der Waals surface area contributed by atoms with Gasteiger partial charge in [-0.1, -0.05) is 42.5 Å². The third kappa shape index (κ3) is 3.82. The second-order valence-electron chi connectivity index (χ2n) is 8.31. The smallest absolute Gasteiger partial charge is 0.243 e. The van der Waals surface area contributed by atoms with Gasteiger partial charge in [0, 0.05) is 31.3 Å². The number of carbonyl (C=O) groups is 2. The van der Waals surface area contributed by atoms with Crippen LogP contribution in [0.5, 0.6) is 0 Å². The number of imidazole rings is 1. The molecule has 3 atom stereocenters. The maximum Gasteiger partial charge on any atom is 0.243 e. The fraction of sp³-hybridized carbons (Fsp3) is 0.375. The maximum absolute atomic E-state index is 12.9. The van der Waals surface area contributed by atoms with Crippen molar-refractivity contribution < 1.29 is 9.59 Å². The van der Waals surface area contributed by atoms with Crippen LogP contribution >= 0.6 is 0 Å². The number of rotatable bonds is 6. The second kappa shape index (κ2) is 7.94. The summed E-state index contributed by atoms with van der Waals surface area (Å²) in [7, 11) is 0. The van der Waals surface area contributed by atoms with Gasteiger partial charge in [0.1, 0.15) is 11.9 Å². The van der Waals surface area contributed by atoms with Gasteiger partial charge >= 0.3 is 0 Å². The van der Waals surface area contributed by atoms with E-state index in [1.165, 1.54) is 5.56 Å². The predicted octanol–water partition coefficient (Wildman–Crippen LogP) is 3.16. The summed E-state index contributed by atoms with van der Waals surface area (Å²) in [4.78, 5) is 35.3. The molecule has 0 spiro atoms. The van der Waals surface area contributed by atoms with E-state index in [1.54, 1.807) is 4.90 Å². The Morgan fingerprint density at radius 2 is 1.90 bits per heavy atom. The number of para-hydroxylation sites is 2. The number of H-pyrrole nitrogens is 1. The van der Waals surface area contributed by atoms with E-state index in [0.717, 1.165) is 36.1 Å². The first-order valence-electron chi connectivity index (χ1n) is 10.8. The number of amides is 2. The van der Waals surface area contributed by atoms with Crippen molar-refractivity contribution in [3.63, 3.8) is 0 Å². The zero-order valence-corrected chi connectivity index (χ0v) is 16.9. The van der Waals surface area contributed by atoms with Gasteiger partial charge in [0.25, 0.3) is 0 Å². The number of aryl methyl sites for hydroxylation is 1. The number of hydrogen-bond donors (Lipinski definition) is 2. The molecule has 5 rings (SSSR count). The number of fused-ring (bicyclic) bond motifs is 1. The van der Waals surface area contributed by atoms with Crippen molar-refractivity contribution in [2.45, 2.75) is 50.1 Å². The highest BCUT2D eigenvalue weighted by molar-refractivity contribution is 5.88. The van der Waals surface area contributed by atoms with Crippen LogP contribution in [0.15, 0.2) is 54.6 Å². The lowest BCUT2D eigenvalue weighted by molar-refractivity contribution is -0.138. The third-order valence-corrected chi connectivity index (χ3v) is 6.24. The number of nitrogens with zero attached hydrogens (tertiary/aromatic N) is 2. The molecule has 154 valence electrons. The fourth-order valence-corrected chi connectivity index (χ4v) is 4.53. The van der Waals surface area contributed by atoms with Gasteiger partial charge < -0.3 is 15.2 Å². The van der Waals surface area contributed by atoms with Crippen molar-refractivity contribution in [3.8, 4) is 0 Å². The van der Waals surface area contributed by atoms with Gasteiger partial charge in [-0.25, -0.2) is 4.98 Å². The average molecular weight is 402 g/mol. The molecule has 1 saturated heterocycles. The summed E-state index contributed by atoms with van der Waals surface area (Å²) >= 11 is 0. The molecule has 6 heteroatoms. The molecule has 1 aromatic heterocycles. The molecule has 0 radical (unpaired) electrons. The topological polar surface area (TPSA) is 78.1 Å². The minimum atomic E-state index is -0.342. The first-order chi connectivity index (χ1) is 14.7. The molecule has 1 aliphatic heterocycles. The van der Waals surface area contributed by atoms with E-state index in [0.29, 0.717) is 25.3 Å². The average Bonchev–Trinajstić information content (AvgIpc) is 3.17. The molecular formula is C24H26N4O2. The van der Waals surface area contributed by atoms with Crippen LogP contribution in [0.1, 0.15) is 43.0 Å². The SMILES string of the molecule is O=C(N[C@H]1C[C@@H]1c1ccccc1)[C@@H]1CCCN1C(=O)CCc1nc2ccccc2[nH]1. The summed E-state index contributed by atoms with van der Waals surface area (Å²) in [5.41, 5.74) is 3.17. The molecule has 1 aliphatic carbocycles. The minimum absolute atomic E-state index is 0.00646. The molecule has 2 fully saturated rings. The van der Waals surface area contributed by atoms with E-state index in [9.17, 15) is 9.59 Å². The second-order valence-corrected chi connectivity index (χ2v) is 8.31. The molecule has 2 heterocycles. The summed E-state index contributed by atoms with van der Waals surface area (Å²) < 4.78 is 0. The molecular weight excluding hydrogens is 376 g/mol. The number of nitrogens with one attached hydrogen (secondary N) is 2. The van der Waals surface area contributed by atoms with Crippen LogP contribution in [-0.2, 0) is 16.0 Å². The molecule has 0 unspecified atom stereocenters. The number of aromatic amines is 1. The molecule has 2 N–H and O–H groups in total. The molecule has 2 aliphatic rings. The van der Waals surface area contributed by atoms with Crippen molar-refractivity contribution in [2.75, 3.05) is 6.54 Å². The van der Waals surface area contributed by atoms with Crippen LogP contribution in [0.4, 0.5) is 0 Å². The van der Waals surface area contributed by atoms with Gasteiger partial charge in [-0.3, -0.25) is 9.59 Å². The molecule has 30 heavy (non-hydrogen) atoms. The van der Waals surface area contributed by atoms with Crippen molar-refractivity contribution in [1.29, 1.82) is 0 Å². The van der Waals surface area contributed by atoms with Gasteiger partial charge in [0.05, 0.1) is 11.0 Å². The Kier molecular flexibility index (Phi) is 4.99. The molecule has 2 aromatic carbocycles. The molecule has 2 amide bonds. The summed E-state index contributed by atoms with van der Waals surface area (Å²) in [5.74, 6) is 1.23. The zero-order chi connectivity index (χ0) is 20.5. The lowest BCUT2D eigenvalue weighted by Gasteiger charge is -2.24. The van der Waals surface area contributed by atoms with E-state index in [2.05, 4.69) is 27.4 Å². The molecule has 1 saturated carbocycles. The zero-order valence-electron chi connectivity index (χ0n) is 16.9. The van der Waals surface area contributed by atoms with Crippen LogP contribution in [0.25, 0.3) is 11.0 Å². The van der Waals surface area contributed by atoms with E-state index in [-0.39, 0.29) is 23.9 Å². The highest BCUT2D eigenvalue weighted by Crippen LogP contribution is 2.40. The Morgan fingerprint density at radius 3 is 2.73 bits per heavy atom. The van der Waals surface area contributed by atoms with Crippen molar-refractivity contribution in [1.82, 2.24) is 20.2 Å². The summed E-state index contributed by atoms with van der Waals surface area (Å²) in [6, 6.07) is 18.0. The Hall–Kier alpha value is -3.15. The third-order valence-electron chi connectivity index (χ3n) is 6.24. The van der Waals surface area contributed by atoms with E-state index in [1.807, 2.05) is 42.5 Å². The number of carbonyl (C=O) groups excluding carboxylic acids is 2. The normalized spacial score (nSPS) is 22.9. The van der Waals surface area contributed by atoms with Crippen LogP contribution in [-0.4, -0.2) is 45.3 Å². The Morgan fingerprint density at radius 1 is 1.10 bits per heavy atom. The summed E-state index contributed by atoms with van der Waals surface area (Å²) in [5, 5.41) is 3.17. The lowest BCUT2D eigenvalue weighted by Crippen LogP contribution is -2.46. The quantitative estimate of drug-likeness (QED) is 0.665. The van der Waals surface area contributed by atoms with Crippen molar-refractivity contribution in [3.05, 3.63) is 66.0 Å². The standard InChI is InChI=1S/C24H26N4O2/c29-23(13-12-22-25-18-9-4-5-10-19(18)26-22)28-14-6-11-21(28)24(30)27-20-15-17(20)16-7-2-1-3-8-16/h1-5,7-10,17,20-21H,6,11-15H2,(H,25,26)(H,27,30)/t17-,20+,21+/m1/s1. The monoisotopic (exact) mass is 402 g/mol. The van der Waals surface area contributed by atoms with Crippen LogP contribution < -0.4 is 5.32 Å². The molecule has 0 bridgehead atoms. The number of aromatic nitrogens is 2.